The molecule has 0 aromatic carbocycles. The molecule has 52 valence electrons. The van der Waals surface area contributed by atoms with Gasteiger partial charge >= 0.3 is 0 Å². The minimum Gasteiger partial charge on any atom is -0.0917 e. The quantitative estimate of drug-likeness (QED) is 0.496. The van der Waals surface area contributed by atoms with Gasteiger partial charge in [0.1, 0.15) is 0 Å². The van der Waals surface area contributed by atoms with Crippen molar-refractivity contribution in [3.8, 4) is 0 Å². The average Bonchev–Trinajstić information content (AvgIpc) is 2.34. The fourth-order valence-corrected chi connectivity index (χ4v) is 1.57. The molecule has 0 spiro atoms. The molecule has 0 unspecified atom stereocenters. The van der Waals surface area contributed by atoms with Crippen LogP contribution < -0.4 is 0 Å². The number of hydrogen-bond acceptors (Lipinski definition) is 0. The molecule has 1 saturated carbocycles. The summed E-state index contributed by atoms with van der Waals surface area (Å²) in [6.07, 6.45) is 11.7. The Morgan fingerprint density at radius 3 is 2.56 bits per heavy atom. The molecule has 0 aromatic heterocycles. The Hall–Kier alpha value is -0.260. The van der Waals surface area contributed by atoms with Crippen molar-refractivity contribution in [1.29, 1.82) is 0 Å². The molecule has 9 heavy (non-hydrogen) atoms. The highest BCUT2D eigenvalue weighted by atomic mass is 14.2. The first-order valence-electron chi connectivity index (χ1n) is 4.04. The van der Waals surface area contributed by atoms with Crippen molar-refractivity contribution in [2.45, 2.75) is 39.0 Å². The molecule has 1 aliphatic rings. The van der Waals surface area contributed by atoms with E-state index in [1.807, 2.05) is 0 Å². The predicted octanol–water partition coefficient (Wildman–Crippen LogP) is 3.14. The van der Waals surface area contributed by atoms with Gasteiger partial charge in [-0.3, -0.25) is 0 Å². The lowest BCUT2D eigenvalue weighted by atomic mass is 10.0. The van der Waals surface area contributed by atoms with Crippen LogP contribution in [-0.4, -0.2) is 0 Å². The van der Waals surface area contributed by atoms with Crippen LogP contribution in [0.25, 0.3) is 0 Å². The van der Waals surface area contributed by atoms with Gasteiger partial charge in [0.25, 0.3) is 0 Å². The second-order valence-electron chi connectivity index (χ2n) is 2.96. The van der Waals surface area contributed by atoms with Crippen LogP contribution in [0.15, 0.2) is 12.2 Å². The summed E-state index contributed by atoms with van der Waals surface area (Å²) < 4.78 is 0. The highest BCUT2D eigenvalue weighted by Crippen LogP contribution is 2.27. The van der Waals surface area contributed by atoms with Gasteiger partial charge in [-0.2, -0.15) is 0 Å². The molecule has 0 nitrogen and oxygen atoms in total. The number of hydrogen-bond donors (Lipinski definition) is 0. The van der Waals surface area contributed by atoms with Crippen LogP contribution in [0.5, 0.6) is 0 Å². The topological polar surface area (TPSA) is 0 Å². The number of allylic oxidation sites excluding steroid dienone is 2. The van der Waals surface area contributed by atoms with E-state index in [2.05, 4.69) is 19.1 Å². The first-order valence-corrected chi connectivity index (χ1v) is 4.04. The molecule has 0 heterocycles. The molecule has 0 heteroatoms. The molecule has 1 rings (SSSR count). The van der Waals surface area contributed by atoms with E-state index in [1.54, 1.807) is 0 Å². The second kappa shape index (κ2) is 3.71. The molecule has 1 aliphatic carbocycles. The Kier molecular flexibility index (Phi) is 2.82. The first-order chi connectivity index (χ1) is 4.43. The van der Waals surface area contributed by atoms with Gasteiger partial charge in [-0.25, -0.2) is 0 Å². The predicted molar refractivity (Wildman–Crippen MR) is 41.4 cm³/mol. The van der Waals surface area contributed by atoms with Gasteiger partial charge < -0.3 is 0 Å². The minimum atomic E-state index is 1.03. The van der Waals surface area contributed by atoms with Gasteiger partial charge in [0, 0.05) is 0 Å². The smallest absolute Gasteiger partial charge is 0.0322 e. The van der Waals surface area contributed by atoms with Crippen LogP contribution >= 0.6 is 0 Å². The molecule has 0 radical (unpaired) electrons. The van der Waals surface area contributed by atoms with Crippen molar-refractivity contribution in [2.24, 2.45) is 5.92 Å². The molecule has 1 fully saturated rings. The van der Waals surface area contributed by atoms with Crippen molar-refractivity contribution >= 4 is 0 Å². The zero-order valence-corrected chi connectivity index (χ0v) is 6.27. The third-order valence-electron chi connectivity index (χ3n) is 2.18. The summed E-state index contributed by atoms with van der Waals surface area (Å²) in [7, 11) is 0. The third-order valence-corrected chi connectivity index (χ3v) is 2.18. The van der Waals surface area contributed by atoms with Gasteiger partial charge in [-0.05, 0) is 19.3 Å². The Labute approximate surface area is 58.0 Å². The van der Waals surface area contributed by atoms with E-state index in [9.17, 15) is 0 Å². The van der Waals surface area contributed by atoms with E-state index in [4.69, 9.17) is 0 Å². The molecular weight excluding hydrogens is 108 g/mol. The average molecular weight is 124 g/mol. The third kappa shape index (κ3) is 2.21. The van der Waals surface area contributed by atoms with E-state index in [0.717, 1.165) is 5.92 Å². The Morgan fingerprint density at radius 1 is 1.33 bits per heavy atom. The van der Waals surface area contributed by atoms with Crippen LogP contribution in [0.2, 0.25) is 0 Å². The largest absolute Gasteiger partial charge is 0.0917 e. The first kappa shape index (κ1) is 6.85. The molecule has 0 N–H and O–H groups in total. The molecular formula is C9H16. The van der Waals surface area contributed by atoms with Crippen LogP contribution in [0.3, 0.4) is 0 Å². The highest BCUT2D eigenvalue weighted by molar-refractivity contribution is 4.82. The van der Waals surface area contributed by atoms with Crippen molar-refractivity contribution in [2.75, 3.05) is 0 Å². The molecule has 0 saturated heterocycles. The Morgan fingerprint density at radius 2 is 2.00 bits per heavy atom. The van der Waals surface area contributed by atoms with Crippen LogP contribution in [0, 0.1) is 5.92 Å². The SMILES string of the molecule is C/C=C\CC1CCCC1. The van der Waals surface area contributed by atoms with Crippen LogP contribution in [0.1, 0.15) is 39.0 Å². The molecule has 0 atom stereocenters. The highest BCUT2D eigenvalue weighted by Gasteiger charge is 2.12. The zero-order chi connectivity index (χ0) is 6.53. The monoisotopic (exact) mass is 124 g/mol. The van der Waals surface area contributed by atoms with E-state index >= 15 is 0 Å². The van der Waals surface area contributed by atoms with E-state index < -0.39 is 0 Å². The summed E-state index contributed by atoms with van der Waals surface area (Å²) in [5.74, 6) is 1.03. The minimum absolute atomic E-state index is 1.03. The van der Waals surface area contributed by atoms with Crippen molar-refractivity contribution < 1.29 is 0 Å². The standard InChI is InChI=1S/C9H16/c1-2-3-6-9-7-4-5-8-9/h2-3,9H,4-8H2,1H3/b3-2-. The summed E-state index contributed by atoms with van der Waals surface area (Å²) >= 11 is 0. The second-order valence-corrected chi connectivity index (χ2v) is 2.96. The fraction of sp³-hybridized carbons (Fsp3) is 0.778. The van der Waals surface area contributed by atoms with Crippen molar-refractivity contribution in [1.82, 2.24) is 0 Å². The van der Waals surface area contributed by atoms with E-state index in [-0.39, 0.29) is 0 Å². The summed E-state index contributed by atoms with van der Waals surface area (Å²) in [5, 5.41) is 0. The summed E-state index contributed by atoms with van der Waals surface area (Å²) in [6, 6.07) is 0. The normalized spacial score (nSPS) is 21.9. The lowest BCUT2D eigenvalue weighted by molar-refractivity contribution is 0.558. The van der Waals surface area contributed by atoms with Crippen molar-refractivity contribution in [3.63, 3.8) is 0 Å². The van der Waals surface area contributed by atoms with E-state index in [0.29, 0.717) is 0 Å². The maximum atomic E-state index is 2.30. The number of rotatable bonds is 2. The van der Waals surface area contributed by atoms with Gasteiger partial charge in [-0.15, -0.1) is 0 Å². The molecule has 0 amide bonds. The summed E-state index contributed by atoms with van der Waals surface area (Å²) in [4.78, 5) is 0. The van der Waals surface area contributed by atoms with Crippen molar-refractivity contribution in [3.05, 3.63) is 12.2 Å². The lowest BCUT2D eigenvalue weighted by Crippen LogP contribution is -1.88. The van der Waals surface area contributed by atoms with Crippen LogP contribution in [-0.2, 0) is 0 Å². The van der Waals surface area contributed by atoms with E-state index in [1.165, 1.54) is 32.1 Å². The zero-order valence-electron chi connectivity index (χ0n) is 6.27. The van der Waals surface area contributed by atoms with Gasteiger partial charge in [0.05, 0.1) is 0 Å². The lowest BCUT2D eigenvalue weighted by Gasteiger charge is -2.01. The molecule has 0 bridgehead atoms. The van der Waals surface area contributed by atoms with Crippen LogP contribution in [0.4, 0.5) is 0 Å². The Balaban J connectivity index is 2.11. The van der Waals surface area contributed by atoms with Gasteiger partial charge in [0.15, 0.2) is 0 Å². The molecule has 0 aromatic rings. The van der Waals surface area contributed by atoms with Gasteiger partial charge in [-0.1, -0.05) is 37.8 Å². The maximum Gasteiger partial charge on any atom is -0.0322 e. The molecule has 0 aliphatic heterocycles. The fourth-order valence-electron chi connectivity index (χ4n) is 1.57. The van der Waals surface area contributed by atoms with Gasteiger partial charge in [0.2, 0.25) is 0 Å². The Bertz CT molecular complexity index is 86.2. The summed E-state index contributed by atoms with van der Waals surface area (Å²) in [6.45, 7) is 2.11. The maximum absolute atomic E-state index is 2.30. The summed E-state index contributed by atoms with van der Waals surface area (Å²) in [5.41, 5.74) is 0.